The van der Waals surface area contributed by atoms with Crippen molar-refractivity contribution in [3.8, 4) is 0 Å². The number of unbranched alkanes of at least 4 members (excludes halogenated alkanes) is 2. The van der Waals surface area contributed by atoms with E-state index < -0.39 is 26.5 Å². The highest BCUT2D eigenvalue weighted by Gasteiger charge is 2.38. The SMILES string of the molecule is CC(=O)O.CCCCC(C(=O)C(C)(C)C)S(=O)(=O)c1ccccc1.CCCCC(Sc1ccccc1)C(=O)C(C)(C)C.OO. The van der Waals surface area contributed by atoms with Crippen molar-refractivity contribution < 1.29 is 38.4 Å². The van der Waals surface area contributed by atoms with Crippen LogP contribution in [0.15, 0.2) is 70.5 Å². The summed E-state index contributed by atoms with van der Waals surface area (Å²) in [7, 11) is -3.61. The maximum absolute atomic E-state index is 12.7. The van der Waals surface area contributed by atoms with Crippen molar-refractivity contribution in [1.29, 1.82) is 0 Å². The summed E-state index contributed by atoms with van der Waals surface area (Å²) in [6.45, 7) is 16.6. The fraction of sp³-hybridized carbons (Fsp3) is 0.559. The second-order valence-corrected chi connectivity index (χ2v) is 15.7. The summed E-state index contributed by atoms with van der Waals surface area (Å²) in [5, 5.41) is 18.6. The third-order valence-electron chi connectivity index (χ3n) is 6.17. The lowest BCUT2D eigenvalue weighted by atomic mass is 9.87. The summed E-state index contributed by atoms with van der Waals surface area (Å²) in [5.41, 5.74) is -0.902. The van der Waals surface area contributed by atoms with E-state index >= 15 is 0 Å². The van der Waals surface area contributed by atoms with Crippen LogP contribution in [0.25, 0.3) is 0 Å². The lowest BCUT2D eigenvalue weighted by Gasteiger charge is -2.24. The van der Waals surface area contributed by atoms with Gasteiger partial charge in [-0.15, -0.1) is 11.8 Å². The van der Waals surface area contributed by atoms with E-state index in [0.29, 0.717) is 12.2 Å². The molecule has 0 bridgehead atoms. The first-order valence-electron chi connectivity index (χ1n) is 14.9. The van der Waals surface area contributed by atoms with Crippen molar-refractivity contribution in [3.63, 3.8) is 0 Å². The molecule has 0 saturated carbocycles. The number of carboxylic acids is 1. The summed E-state index contributed by atoms with van der Waals surface area (Å²) >= 11 is 1.71. The molecule has 0 heterocycles. The van der Waals surface area contributed by atoms with Crippen LogP contribution in [0.3, 0.4) is 0 Å². The first-order valence-corrected chi connectivity index (χ1v) is 17.3. The zero-order valence-corrected chi connectivity index (χ0v) is 29.5. The molecule has 10 heteroatoms. The van der Waals surface area contributed by atoms with Gasteiger partial charge in [0.05, 0.1) is 10.1 Å². The first-order chi connectivity index (χ1) is 20.4. The summed E-state index contributed by atoms with van der Waals surface area (Å²) in [6, 6.07) is 18.5. The second-order valence-electron chi connectivity index (χ2n) is 12.3. The number of thioether (sulfide) groups is 1. The highest BCUT2D eigenvalue weighted by molar-refractivity contribution is 8.00. The molecule has 0 saturated heterocycles. The van der Waals surface area contributed by atoms with Crippen molar-refractivity contribution in [2.24, 2.45) is 10.8 Å². The Labute approximate surface area is 269 Å². The number of Topliss-reactive ketones (excluding diaryl/α,β-unsaturated/α-hetero) is 2. The molecule has 2 atom stereocenters. The average Bonchev–Trinajstić information content (AvgIpc) is 2.96. The number of hydrogen-bond donors (Lipinski definition) is 3. The van der Waals surface area contributed by atoms with Crippen molar-refractivity contribution in [2.45, 2.75) is 121 Å². The largest absolute Gasteiger partial charge is 0.481 e. The maximum atomic E-state index is 12.7. The molecule has 2 rings (SSSR count). The van der Waals surface area contributed by atoms with E-state index in [4.69, 9.17) is 20.4 Å². The molecular weight excluding hydrogens is 601 g/mol. The van der Waals surface area contributed by atoms with E-state index in [9.17, 15) is 18.0 Å². The molecule has 250 valence electrons. The molecule has 44 heavy (non-hydrogen) atoms. The predicted molar refractivity (Wildman–Crippen MR) is 180 cm³/mol. The predicted octanol–water partition coefficient (Wildman–Crippen LogP) is 8.70. The van der Waals surface area contributed by atoms with Crippen LogP contribution in [0.4, 0.5) is 0 Å². The minimum Gasteiger partial charge on any atom is -0.481 e. The molecule has 8 nitrogen and oxygen atoms in total. The Morgan fingerprint density at radius 3 is 1.50 bits per heavy atom. The molecule has 0 aliphatic heterocycles. The standard InChI is InChI=1S/C16H24O3S.C16H24OS.C2H4O2.H2O2/c1-5-6-12-14(15(17)16(2,3)4)20(18,19)13-10-8-7-9-11-13;1-5-6-12-14(15(17)16(2,3)4)18-13-10-8-7-9-11-13;1-2(3)4;1-2/h7-11,14H,5-6,12H2,1-4H3;7-11,14H,5-6,12H2,1-4H3;1H3,(H,3,4);1-2H. The van der Waals surface area contributed by atoms with Gasteiger partial charge in [0.1, 0.15) is 5.25 Å². The fourth-order valence-corrected chi connectivity index (χ4v) is 7.22. The minimum atomic E-state index is -3.61. The van der Waals surface area contributed by atoms with Crippen molar-refractivity contribution in [1.82, 2.24) is 0 Å². The normalized spacial score (nSPS) is 12.5. The molecule has 0 fully saturated rings. The van der Waals surface area contributed by atoms with E-state index in [2.05, 4.69) is 19.1 Å². The van der Waals surface area contributed by atoms with E-state index in [1.165, 1.54) is 4.90 Å². The second kappa shape index (κ2) is 22.1. The lowest BCUT2D eigenvalue weighted by Crippen LogP contribution is -2.38. The van der Waals surface area contributed by atoms with Gasteiger partial charge in [0, 0.05) is 22.6 Å². The quantitative estimate of drug-likeness (QED) is 0.116. The monoisotopic (exact) mass is 654 g/mol. The number of carbonyl (C=O) groups is 3. The lowest BCUT2D eigenvalue weighted by molar-refractivity contribution is -0.176. The van der Waals surface area contributed by atoms with Gasteiger partial charge in [0.25, 0.3) is 5.97 Å². The van der Waals surface area contributed by atoms with Crippen LogP contribution in [0, 0.1) is 10.8 Å². The summed E-state index contributed by atoms with van der Waals surface area (Å²) in [5.74, 6) is -0.667. The van der Waals surface area contributed by atoms with E-state index in [0.717, 1.165) is 39.0 Å². The van der Waals surface area contributed by atoms with Crippen molar-refractivity contribution >= 4 is 39.1 Å². The number of aliphatic carboxylic acids is 1. The molecule has 3 N–H and O–H groups in total. The van der Waals surface area contributed by atoms with E-state index in [-0.39, 0.29) is 21.3 Å². The summed E-state index contributed by atoms with van der Waals surface area (Å²) in [6.07, 6.45) is 5.24. The topological polar surface area (TPSA) is 146 Å². The van der Waals surface area contributed by atoms with Crippen LogP contribution in [-0.2, 0) is 24.2 Å². The smallest absolute Gasteiger partial charge is 0.300 e. The Kier molecular flexibility index (Phi) is 21.9. The molecule has 0 amide bonds. The summed E-state index contributed by atoms with van der Waals surface area (Å²) in [4.78, 5) is 35.4. The molecule has 0 radical (unpaired) electrons. The molecule has 2 unspecified atom stereocenters. The molecule has 0 aliphatic carbocycles. The maximum Gasteiger partial charge on any atom is 0.300 e. The number of hydrogen-bond acceptors (Lipinski definition) is 8. The highest BCUT2D eigenvalue weighted by Crippen LogP contribution is 2.32. The molecular formula is C34H54O8S2. The van der Waals surface area contributed by atoms with Gasteiger partial charge in [-0.05, 0) is 37.1 Å². The Balaban J connectivity index is 0. The Hall–Kier alpha value is -2.53. The summed E-state index contributed by atoms with van der Waals surface area (Å²) < 4.78 is 25.4. The highest BCUT2D eigenvalue weighted by atomic mass is 32.2. The fourth-order valence-electron chi connectivity index (χ4n) is 3.85. The van der Waals surface area contributed by atoms with E-state index in [1.54, 1.807) is 62.9 Å². The number of ketones is 2. The third-order valence-corrected chi connectivity index (χ3v) is 9.58. The third kappa shape index (κ3) is 17.7. The van der Waals surface area contributed by atoms with E-state index in [1.807, 2.05) is 45.9 Å². The average molecular weight is 655 g/mol. The van der Waals surface area contributed by atoms with Gasteiger partial charge >= 0.3 is 0 Å². The van der Waals surface area contributed by atoms with Gasteiger partial charge in [-0.25, -0.2) is 8.42 Å². The molecule has 2 aromatic carbocycles. The van der Waals surface area contributed by atoms with Crippen LogP contribution >= 0.6 is 11.8 Å². The first kappa shape index (κ1) is 43.6. The van der Waals surface area contributed by atoms with Crippen LogP contribution in [0.5, 0.6) is 0 Å². The van der Waals surface area contributed by atoms with Gasteiger partial charge in [-0.1, -0.05) is 117 Å². The van der Waals surface area contributed by atoms with Gasteiger partial charge in [-0.2, -0.15) is 0 Å². The van der Waals surface area contributed by atoms with Crippen LogP contribution < -0.4 is 0 Å². The molecule has 0 spiro atoms. The number of benzene rings is 2. The Morgan fingerprint density at radius 1 is 0.727 bits per heavy atom. The number of sulfone groups is 1. The molecule has 0 aromatic heterocycles. The van der Waals surface area contributed by atoms with Gasteiger partial charge in [-0.3, -0.25) is 24.9 Å². The zero-order chi connectivity index (χ0) is 34.6. The number of carboxylic acid groups (broad SMARTS) is 1. The molecule has 2 aromatic rings. The minimum absolute atomic E-state index is 0.0901. The number of rotatable bonds is 12. The van der Waals surface area contributed by atoms with Crippen molar-refractivity contribution in [3.05, 3.63) is 60.7 Å². The Bertz CT molecular complexity index is 1180. The Morgan fingerprint density at radius 2 is 1.11 bits per heavy atom. The molecule has 0 aliphatic rings. The van der Waals surface area contributed by atoms with Crippen LogP contribution in [-0.4, -0.2) is 52.1 Å². The van der Waals surface area contributed by atoms with Gasteiger partial charge in [0.2, 0.25) is 0 Å². The van der Waals surface area contributed by atoms with Crippen LogP contribution in [0.2, 0.25) is 0 Å². The van der Waals surface area contributed by atoms with Gasteiger partial charge < -0.3 is 5.11 Å². The van der Waals surface area contributed by atoms with Gasteiger partial charge in [0.15, 0.2) is 21.4 Å². The zero-order valence-electron chi connectivity index (χ0n) is 27.9. The van der Waals surface area contributed by atoms with Crippen molar-refractivity contribution in [2.75, 3.05) is 0 Å². The number of carbonyl (C=O) groups excluding carboxylic acids is 2. The van der Waals surface area contributed by atoms with Crippen LogP contribution in [0.1, 0.15) is 101 Å².